The maximum absolute atomic E-state index is 12.6. The van der Waals surface area contributed by atoms with E-state index in [-0.39, 0.29) is 5.91 Å². The molecule has 1 fully saturated rings. The van der Waals surface area contributed by atoms with Gasteiger partial charge in [0.15, 0.2) is 18.0 Å². The molecule has 0 aliphatic carbocycles. The molecule has 2 aromatic rings. The summed E-state index contributed by atoms with van der Waals surface area (Å²) < 4.78 is 11.3. The Bertz CT molecular complexity index is 855. The lowest BCUT2D eigenvalue weighted by Crippen LogP contribution is -3.11. The molecule has 142 valence electrons. The molecule has 1 saturated heterocycles. The van der Waals surface area contributed by atoms with Crippen LogP contribution < -0.4 is 19.7 Å². The highest BCUT2D eigenvalue weighted by Gasteiger charge is 2.32. The van der Waals surface area contributed by atoms with Crippen LogP contribution in [0.4, 0.5) is 5.69 Å². The molecule has 2 aliphatic heterocycles. The van der Waals surface area contributed by atoms with Gasteiger partial charge in [0.25, 0.3) is 5.91 Å². The van der Waals surface area contributed by atoms with E-state index in [0.717, 1.165) is 42.1 Å². The van der Waals surface area contributed by atoms with Crippen molar-refractivity contribution in [2.45, 2.75) is 25.8 Å². The minimum Gasteiger partial charge on any atom is -0.486 e. The minimum atomic E-state index is 0.0277. The number of fused-ring (bicyclic) bond motifs is 1. The number of carbonyl (C=O) groups excluding carboxylic acids is 1. The van der Waals surface area contributed by atoms with Crippen LogP contribution in [-0.4, -0.2) is 32.2 Å². The number of carbonyl (C=O) groups is 1. The molecule has 4 rings (SSSR count). The molecule has 1 amide bonds. The van der Waals surface area contributed by atoms with E-state index in [1.54, 1.807) is 6.07 Å². The normalized spacial score (nSPS) is 21.1. The Morgan fingerprint density at radius 3 is 2.81 bits per heavy atom. The maximum atomic E-state index is 12.6. The summed E-state index contributed by atoms with van der Waals surface area (Å²) >= 11 is 5.99. The van der Waals surface area contributed by atoms with Crippen molar-refractivity contribution < 1.29 is 19.2 Å². The number of nitrogens with one attached hydrogen (secondary N) is 2. The van der Waals surface area contributed by atoms with Gasteiger partial charge in [-0.05, 0) is 48.9 Å². The number of anilines is 1. The van der Waals surface area contributed by atoms with Crippen molar-refractivity contribution in [3.8, 4) is 11.5 Å². The van der Waals surface area contributed by atoms with E-state index in [4.69, 9.17) is 21.1 Å². The molecular formula is C21H24ClN2O3+. The number of benzene rings is 2. The van der Waals surface area contributed by atoms with E-state index >= 15 is 0 Å². The molecule has 0 radical (unpaired) electrons. The van der Waals surface area contributed by atoms with Gasteiger partial charge in [0.05, 0.1) is 6.54 Å². The molecule has 27 heavy (non-hydrogen) atoms. The van der Waals surface area contributed by atoms with Crippen LogP contribution in [0.15, 0.2) is 36.4 Å². The molecule has 2 N–H and O–H groups in total. The Hall–Kier alpha value is -2.24. The molecule has 0 saturated carbocycles. The summed E-state index contributed by atoms with van der Waals surface area (Å²) in [5, 5.41) is 3.70. The molecule has 6 heteroatoms. The van der Waals surface area contributed by atoms with Crippen LogP contribution in [0.3, 0.4) is 0 Å². The first-order valence-electron chi connectivity index (χ1n) is 9.40. The standard InChI is InChI=1S/C21H23ClN2O3/c1-14-11-16(22)5-6-17(14)23-21(25)13-24-8-2-3-18(24)15-4-7-19-20(12-15)27-10-9-26-19/h4-7,11-12,18H,2-3,8-10,13H2,1H3,(H,23,25)/p+1/t18-/m1/s1. The third kappa shape index (κ3) is 4.04. The highest BCUT2D eigenvalue weighted by Crippen LogP contribution is 2.33. The fourth-order valence-corrected chi connectivity index (χ4v) is 4.20. The van der Waals surface area contributed by atoms with Gasteiger partial charge in [0.2, 0.25) is 0 Å². The monoisotopic (exact) mass is 387 g/mol. The second kappa shape index (κ2) is 7.79. The topological polar surface area (TPSA) is 52.0 Å². The van der Waals surface area contributed by atoms with Crippen LogP contribution in [0, 0.1) is 6.92 Å². The van der Waals surface area contributed by atoms with Gasteiger partial charge in [-0.3, -0.25) is 4.79 Å². The minimum absolute atomic E-state index is 0.0277. The average molecular weight is 388 g/mol. The number of quaternary nitrogens is 1. The largest absolute Gasteiger partial charge is 0.486 e. The Morgan fingerprint density at radius 2 is 2.00 bits per heavy atom. The fraction of sp³-hybridized carbons (Fsp3) is 0.381. The first-order chi connectivity index (χ1) is 13.1. The van der Waals surface area contributed by atoms with Gasteiger partial charge in [0, 0.05) is 29.1 Å². The molecule has 0 spiro atoms. The smallest absolute Gasteiger partial charge is 0.279 e. The van der Waals surface area contributed by atoms with Gasteiger partial charge in [-0.1, -0.05) is 11.6 Å². The molecule has 2 aromatic carbocycles. The molecular weight excluding hydrogens is 364 g/mol. The van der Waals surface area contributed by atoms with Crippen LogP contribution in [0.5, 0.6) is 11.5 Å². The van der Waals surface area contributed by atoms with Gasteiger partial charge < -0.3 is 19.7 Å². The number of halogens is 1. The Labute approximate surface area is 164 Å². The Kier molecular flexibility index (Phi) is 5.23. The Balaban J connectivity index is 1.44. The van der Waals surface area contributed by atoms with E-state index < -0.39 is 0 Å². The van der Waals surface area contributed by atoms with Crippen molar-refractivity contribution in [1.82, 2.24) is 0 Å². The second-order valence-corrected chi connectivity index (χ2v) is 7.63. The summed E-state index contributed by atoms with van der Waals surface area (Å²) in [6.45, 7) is 4.56. The highest BCUT2D eigenvalue weighted by molar-refractivity contribution is 6.30. The van der Waals surface area contributed by atoms with Crippen molar-refractivity contribution in [3.05, 3.63) is 52.5 Å². The number of ether oxygens (including phenoxy) is 2. The third-order valence-corrected chi connectivity index (χ3v) is 5.54. The lowest BCUT2D eigenvalue weighted by Gasteiger charge is -2.24. The summed E-state index contributed by atoms with van der Waals surface area (Å²) in [5.41, 5.74) is 3.00. The SMILES string of the molecule is Cc1cc(Cl)ccc1NC(=O)C[NH+]1CCC[C@@H]1c1ccc2c(c1)OCCO2. The van der Waals surface area contributed by atoms with E-state index in [0.29, 0.717) is 30.8 Å². The molecule has 0 aromatic heterocycles. The van der Waals surface area contributed by atoms with Gasteiger partial charge >= 0.3 is 0 Å². The summed E-state index contributed by atoms with van der Waals surface area (Å²) in [6.07, 6.45) is 2.18. The van der Waals surface area contributed by atoms with Crippen LogP contribution in [0.2, 0.25) is 5.02 Å². The van der Waals surface area contributed by atoms with Gasteiger partial charge in [-0.15, -0.1) is 0 Å². The summed E-state index contributed by atoms with van der Waals surface area (Å²) in [4.78, 5) is 13.9. The van der Waals surface area contributed by atoms with Crippen LogP contribution in [0.1, 0.15) is 30.0 Å². The van der Waals surface area contributed by atoms with Crippen molar-refractivity contribution in [2.75, 3.05) is 31.6 Å². The van der Waals surface area contributed by atoms with Gasteiger partial charge in [0.1, 0.15) is 19.3 Å². The van der Waals surface area contributed by atoms with E-state index in [1.165, 1.54) is 10.5 Å². The molecule has 1 unspecified atom stereocenters. The van der Waals surface area contributed by atoms with E-state index in [1.807, 2.05) is 25.1 Å². The zero-order chi connectivity index (χ0) is 18.8. The van der Waals surface area contributed by atoms with E-state index in [2.05, 4.69) is 17.4 Å². The van der Waals surface area contributed by atoms with E-state index in [9.17, 15) is 4.79 Å². The maximum Gasteiger partial charge on any atom is 0.279 e. The predicted octanol–water partition coefficient (Wildman–Crippen LogP) is 2.78. The van der Waals surface area contributed by atoms with Crippen molar-refractivity contribution in [1.29, 1.82) is 0 Å². The molecule has 2 heterocycles. The van der Waals surface area contributed by atoms with Crippen molar-refractivity contribution in [2.24, 2.45) is 0 Å². The number of likely N-dealkylation sites (tertiary alicyclic amines) is 1. The molecule has 2 atom stereocenters. The van der Waals surface area contributed by atoms with Crippen molar-refractivity contribution in [3.63, 3.8) is 0 Å². The molecule has 5 nitrogen and oxygen atoms in total. The molecule has 0 bridgehead atoms. The van der Waals surface area contributed by atoms with Gasteiger partial charge in [-0.2, -0.15) is 0 Å². The zero-order valence-corrected chi connectivity index (χ0v) is 16.1. The number of amides is 1. The zero-order valence-electron chi connectivity index (χ0n) is 15.4. The predicted molar refractivity (Wildman–Crippen MR) is 105 cm³/mol. The summed E-state index contributed by atoms with van der Waals surface area (Å²) in [7, 11) is 0. The average Bonchev–Trinajstić information content (AvgIpc) is 3.11. The highest BCUT2D eigenvalue weighted by atomic mass is 35.5. The second-order valence-electron chi connectivity index (χ2n) is 7.19. The number of hydrogen-bond acceptors (Lipinski definition) is 3. The number of rotatable bonds is 4. The van der Waals surface area contributed by atoms with Crippen LogP contribution >= 0.6 is 11.6 Å². The molecule has 2 aliphatic rings. The Morgan fingerprint density at radius 1 is 1.19 bits per heavy atom. The number of hydrogen-bond donors (Lipinski definition) is 2. The summed E-state index contributed by atoms with van der Waals surface area (Å²) in [5.74, 6) is 1.65. The van der Waals surface area contributed by atoms with Crippen LogP contribution in [-0.2, 0) is 4.79 Å². The van der Waals surface area contributed by atoms with Crippen molar-refractivity contribution >= 4 is 23.2 Å². The van der Waals surface area contributed by atoms with Crippen LogP contribution in [0.25, 0.3) is 0 Å². The quantitative estimate of drug-likeness (QED) is 0.848. The first-order valence-corrected chi connectivity index (χ1v) is 9.78. The fourth-order valence-electron chi connectivity index (χ4n) is 3.97. The van der Waals surface area contributed by atoms with Gasteiger partial charge in [-0.25, -0.2) is 0 Å². The lowest BCUT2D eigenvalue weighted by molar-refractivity contribution is -0.910. The summed E-state index contributed by atoms with van der Waals surface area (Å²) in [6, 6.07) is 12.0. The number of aryl methyl sites for hydroxylation is 1. The third-order valence-electron chi connectivity index (χ3n) is 5.30. The first kappa shape index (κ1) is 18.1. The lowest BCUT2D eigenvalue weighted by atomic mass is 10.0.